The first kappa shape index (κ1) is 18.1. The van der Waals surface area contributed by atoms with Crippen molar-refractivity contribution < 1.29 is 4.79 Å². The lowest BCUT2D eigenvalue weighted by atomic mass is 10.1. The van der Waals surface area contributed by atoms with Crippen LogP contribution in [0.15, 0.2) is 40.8 Å². The molecule has 2 aliphatic heterocycles. The zero-order valence-electron chi connectivity index (χ0n) is 14.2. The highest BCUT2D eigenvalue weighted by molar-refractivity contribution is 9.12. The van der Waals surface area contributed by atoms with Gasteiger partial charge in [0, 0.05) is 42.9 Å². The molecule has 0 aliphatic carbocycles. The number of aromatic nitrogens is 2. The van der Waals surface area contributed by atoms with Gasteiger partial charge in [-0.15, -0.1) is 0 Å². The summed E-state index contributed by atoms with van der Waals surface area (Å²) in [4.78, 5) is 22.1. The van der Waals surface area contributed by atoms with Gasteiger partial charge in [0.25, 0.3) is 0 Å². The van der Waals surface area contributed by atoms with Crippen LogP contribution >= 0.6 is 15.9 Å². The summed E-state index contributed by atoms with van der Waals surface area (Å²) in [6.07, 6.45) is 9.55. The topological polar surface area (TPSA) is 93.9 Å². The van der Waals surface area contributed by atoms with E-state index in [4.69, 9.17) is 0 Å². The van der Waals surface area contributed by atoms with Crippen LogP contribution in [0.1, 0.15) is 25.0 Å². The number of likely N-dealkylation sites (tertiary alicyclic amines) is 1. The van der Waals surface area contributed by atoms with Crippen molar-refractivity contribution in [1.82, 2.24) is 20.2 Å². The van der Waals surface area contributed by atoms with Crippen LogP contribution in [-0.2, 0) is 4.79 Å². The van der Waals surface area contributed by atoms with E-state index in [1.165, 1.54) is 0 Å². The number of carbonyl (C=O) groups is 1. The molecule has 0 unspecified atom stereocenters. The number of allylic oxidation sites excluding steroid dienone is 4. The average Bonchev–Trinajstić information content (AvgIpc) is 3.06. The van der Waals surface area contributed by atoms with Gasteiger partial charge in [0.05, 0.1) is 11.4 Å². The van der Waals surface area contributed by atoms with E-state index in [0.29, 0.717) is 35.9 Å². The van der Waals surface area contributed by atoms with Crippen molar-refractivity contribution in [2.75, 3.05) is 25.0 Å². The molecule has 8 heteroatoms. The number of nitriles is 1. The average molecular weight is 415 g/mol. The third kappa shape index (κ3) is 4.29. The molecule has 26 heavy (non-hydrogen) atoms. The number of carbonyl (C=O) groups excluding carboxylic acids is 1. The fraction of sp³-hybridized carbons (Fsp3) is 0.333. The molecular formula is C18H19BrN6O. The maximum atomic E-state index is 11.6. The lowest BCUT2D eigenvalue weighted by Crippen LogP contribution is -2.27. The predicted octanol–water partition coefficient (Wildman–Crippen LogP) is 2.53. The Morgan fingerprint density at radius 1 is 1.50 bits per heavy atom. The molecule has 1 aromatic rings. The maximum Gasteiger partial charge on any atom is 0.223 e. The first-order valence-electron chi connectivity index (χ1n) is 8.47. The minimum Gasteiger partial charge on any atom is -0.360 e. The Bertz CT molecular complexity index is 823. The van der Waals surface area contributed by atoms with Gasteiger partial charge in [-0.05, 0) is 47.0 Å². The van der Waals surface area contributed by atoms with Crippen LogP contribution in [0.4, 0.5) is 5.95 Å². The smallest absolute Gasteiger partial charge is 0.223 e. The van der Waals surface area contributed by atoms with Crippen LogP contribution in [0.25, 0.3) is 5.57 Å². The van der Waals surface area contributed by atoms with Gasteiger partial charge in [-0.3, -0.25) is 4.79 Å². The second kappa shape index (κ2) is 8.63. The van der Waals surface area contributed by atoms with E-state index in [1.54, 1.807) is 18.5 Å². The Morgan fingerprint density at radius 3 is 3.12 bits per heavy atom. The molecule has 3 rings (SSSR count). The zero-order chi connectivity index (χ0) is 18.4. The highest BCUT2D eigenvalue weighted by atomic mass is 79.9. The van der Waals surface area contributed by atoms with Gasteiger partial charge in [0.2, 0.25) is 11.9 Å². The summed E-state index contributed by atoms with van der Waals surface area (Å²) in [5, 5.41) is 15.8. The number of halogens is 1. The van der Waals surface area contributed by atoms with Crippen molar-refractivity contribution in [3.8, 4) is 6.07 Å². The quantitative estimate of drug-likeness (QED) is 0.548. The summed E-state index contributed by atoms with van der Waals surface area (Å²) in [5.74, 6) is 0.705. The van der Waals surface area contributed by atoms with E-state index >= 15 is 0 Å². The van der Waals surface area contributed by atoms with Crippen molar-refractivity contribution in [1.29, 1.82) is 5.26 Å². The molecule has 0 spiro atoms. The molecule has 0 radical (unpaired) electrons. The molecule has 134 valence electrons. The van der Waals surface area contributed by atoms with E-state index in [9.17, 15) is 10.1 Å². The third-order valence-corrected chi connectivity index (χ3v) is 4.80. The number of hydrogen-bond acceptors (Lipinski definition) is 6. The molecule has 3 heterocycles. The minimum absolute atomic E-state index is 0.237. The summed E-state index contributed by atoms with van der Waals surface area (Å²) in [6.45, 7) is 2.26. The van der Waals surface area contributed by atoms with Crippen LogP contribution in [-0.4, -0.2) is 40.4 Å². The number of nitrogens with zero attached hydrogens (tertiary/aromatic N) is 4. The first-order valence-corrected chi connectivity index (χ1v) is 9.27. The second-order valence-corrected chi connectivity index (χ2v) is 6.76. The molecule has 1 fully saturated rings. The van der Waals surface area contributed by atoms with Gasteiger partial charge < -0.3 is 15.5 Å². The van der Waals surface area contributed by atoms with Crippen LogP contribution in [0.2, 0.25) is 0 Å². The molecule has 7 nitrogen and oxygen atoms in total. The molecule has 0 bridgehead atoms. The van der Waals surface area contributed by atoms with Crippen molar-refractivity contribution in [2.45, 2.75) is 19.3 Å². The molecule has 1 saturated heterocycles. The van der Waals surface area contributed by atoms with Gasteiger partial charge in [-0.1, -0.05) is 0 Å². The molecule has 1 aromatic heterocycles. The number of anilines is 1. The Morgan fingerprint density at radius 2 is 2.38 bits per heavy atom. The number of nitrogens with one attached hydrogen (secondary N) is 2. The SMILES string of the molecule is N#C/C(=C1\NC=CC=C1Br)c1ccnc(NCCCN2CCCC2=O)n1. The molecule has 2 aliphatic rings. The summed E-state index contributed by atoms with van der Waals surface area (Å²) in [5.41, 5.74) is 1.65. The molecule has 2 N–H and O–H groups in total. The predicted molar refractivity (Wildman–Crippen MR) is 103 cm³/mol. The van der Waals surface area contributed by atoms with E-state index in [2.05, 4.69) is 42.6 Å². The van der Waals surface area contributed by atoms with Crippen molar-refractivity contribution >= 4 is 33.4 Å². The van der Waals surface area contributed by atoms with E-state index in [1.807, 2.05) is 17.1 Å². The molecular weight excluding hydrogens is 396 g/mol. The third-order valence-electron chi connectivity index (χ3n) is 4.14. The minimum atomic E-state index is 0.237. The Labute approximate surface area is 160 Å². The normalized spacial score (nSPS) is 18.2. The van der Waals surface area contributed by atoms with E-state index < -0.39 is 0 Å². The fourth-order valence-corrected chi connectivity index (χ4v) is 3.31. The molecule has 0 atom stereocenters. The summed E-state index contributed by atoms with van der Waals surface area (Å²) < 4.78 is 0.792. The van der Waals surface area contributed by atoms with E-state index in [-0.39, 0.29) is 5.91 Å². The van der Waals surface area contributed by atoms with Crippen molar-refractivity contribution in [3.63, 3.8) is 0 Å². The Kier molecular flexibility index (Phi) is 6.02. The Balaban J connectivity index is 1.63. The van der Waals surface area contributed by atoms with Gasteiger partial charge >= 0.3 is 0 Å². The molecule has 0 aromatic carbocycles. The highest BCUT2D eigenvalue weighted by Gasteiger charge is 2.19. The zero-order valence-corrected chi connectivity index (χ0v) is 15.8. The van der Waals surface area contributed by atoms with Crippen molar-refractivity contribution in [3.05, 3.63) is 46.5 Å². The van der Waals surface area contributed by atoms with Crippen molar-refractivity contribution in [2.24, 2.45) is 0 Å². The lowest BCUT2D eigenvalue weighted by molar-refractivity contribution is -0.127. The fourth-order valence-electron chi connectivity index (χ4n) is 2.84. The number of rotatable bonds is 6. The summed E-state index contributed by atoms with van der Waals surface area (Å²) in [7, 11) is 0. The first-order chi connectivity index (χ1) is 12.7. The standard InChI is InChI=1S/C18H19BrN6O/c19-14-4-1-7-21-17(14)13(12-20)15-6-9-23-18(24-15)22-8-3-11-25-10-2-5-16(25)26/h1,4,6-7,9,21H,2-3,5,8,10-11H2,(H,22,23,24)/b17-13+. The monoisotopic (exact) mass is 414 g/mol. The maximum absolute atomic E-state index is 11.6. The van der Waals surface area contributed by atoms with Gasteiger partial charge in [0.1, 0.15) is 11.6 Å². The molecule has 0 saturated carbocycles. The van der Waals surface area contributed by atoms with Crippen LogP contribution in [0.5, 0.6) is 0 Å². The van der Waals surface area contributed by atoms with Crippen LogP contribution < -0.4 is 10.6 Å². The van der Waals surface area contributed by atoms with Gasteiger partial charge in [0.15, 0.2) is 0 Å². The number of hydrogen-bond donors (Lipinski definition) is 2. The van der Waals surface area contributed by atoms with E-state index in [0.717, 1.165) is 30.4 Å². The second-order valence-electron chi connectivity index (χ2n) is 5.91. The summed E-state index contributed by atoms with van der Waals surface area (Å²) in [6, 6.07) is 3.91. The molecule has 1 amide bonds. The Hall–Kier alpha value is -2.66. The number of dihydropyridines is 1. The van der Waals surface area contributed by atoms with Crippen LogP contribution in [0, 0.1) is 11.3 Å². The largest absolute Gasteiger partial charge is 0.360 e. The number of amides is 1. The van der Waals surface area contributed by atoms with Gasteiger partial charge in [-0.2, -0.15) is 5.26 Å². The van der Waals surface area contributed by atoms with Gasteiger partial charge in [-0.25, -0.2) is 9.97 Å². The van der Waals surface area contributed by atoms with Crippen LogP contribution in [0.3, 0.4) is 0 Å². The highest BCUT2D eigenvalue weighted by Crippen LogP contribution is 2.26. The lowest BCUT2D eigenvalue weighted by Gasteiger charge is -2.15. The summed E-state index contributed by atoms with van der Waals surface area (Å²) >= 11 is 3.45.